The molecule has 0 bridgehead atoms. The zero-order chi connectivity index (χ0) is 18.8. The maximum Gasteiger partial charge on any atom is 0.341 e. The molecule has 2 aromatic carbocycles. The summed E-state index contributed by atoms with van der Waals surface area (Å²) >= 11 is 0. The quantitative estimate of drug-likeness (QED) is 0.682. The molecule has 0 unspecified atom stereocenters. The molecule has 0 aliphatic heterocycles. The Hall–Kier alpha value is -3.08. The molecule has 0 fully saturated rings. The van der Waals surface area contributed by atoms with E-state index < -0.39 is 5.97 Å². The van der Waals surface area contributed by atoms with Gasteiger partial charge in [-0.25, -0.2) is 4.79 Å². The number of benzene rings is 2. The van der Waals surface area contributed by atoms with Crippen LogP contribution in [0.4, 0.5) is 0 Å². The molecule has 5 nitrogen and oxygen atoms in total. The normalized spacial score (nSPS) is 10.9. The fourth-order valence-electron chi connectivity index (χ4n) is 3.13. The van der Waals surface area contributed by atoms with Crippen LogP contribution in [0.25, 0.3) is 10.9 Å². The molecule has 0 amide bonds. The number of carbonyl (C=O) groups excluding carboxylic acids is 1. The molecule has 1 heterocycles. The minimum atomic E-state index is -1.00. The molecule has 0 saturated carbocycles. The van der Waals surface area contributed by atoms with Crippen LogP contribution in [0, 0.1) is 13.8 Å². The van der Waals surface area contributed by atoms with Crippen molar-refractivity contribution in [2.45, 2.75) is 27.3 Å². The lowest BCUT2D eigenvalue weighted by Crippen LogP contribution is -2.09. The van der Waals surface area contributed by atoms with Crippen LogP contribution in [-0.4, -0.2) is 28.0 Å². The van der Waals surface area contributed by atoms with Crippen molar-refractivity contribution in [2.24, 2.45) is 0 Å². The first kappa shape index (κ1) is 17.7. The number of nitrogens with zero attached hydrogens (tertiary/aromatic N) is 1. The van der Waals surface area contributed by atoms with Crippen LogP contribution in [0.5, 0.6) is 5.75 Å². The van der Waals surface area contributed by atoms with Gasteiger partial charge < -0.3 is 14.4 Å². The molecule has 0 saturated heterocycles. The van der Waals surface area contributed by atoms with Gasteiger partial charge in [-0.1, -0.05) is 12.1 Å². The summed E-state index contributed by atoms with van der Waals surface area (Å²) in [5, 5.41) is 9.82. The summed E-state index contributed by atoms with van der Waals surface area (Å²) in [4.78, 5) is 22.3. The van der Waals surface area contributed by atoms with Crippen LogP contribution < -0.4 is 4.74 Å². The highest BCUT2D eigenvalue weighted by atomic mass is 16.5. The topological polar surface area (TPSA) is 68.5 Å². The average Bonchev–Trinajstić information content (AvgIpc) is 2.85. The Morgan fingerprint density at radius 3 is 2.58 bits per heavy atom. The van der Waals surface area contributed by atoms with Gasteiger partial charge in [-0.2, -0.15) is 0 Å². The molecular formula is C21H21NO4. The number of rotatable bonds is 6. The summed E-state index contributed by atoms with van der Waals surface area (Å²) in [5.74, 6) is -0.408. The molecule has 0 atom stereocenters. The minimum Gasteiger partial charge on any atom is -0.482 e. The second-order valence-electron chi connectivity index (χ2n) is 6.41. The second kappa shape index (κ2) is 7.04. The second-order valence-corrected chi connectivity index (χ2v) is 6.41. The number of carbonyl (C=O) groups is 2. The molecule has 134 valence electrons. The number of ketones is 1. The third-order valence-corrected chi connectivity index (χ3v) is 4.65. The van der Waals surface area contributed by atoms with E-state index in [-0.39, 0.29) is 12.4 Å². The molecular weight excluding hydrogens is 330 g/mol. The number of aliphatic carboxylic acids is 1. The van der Waals surface area contributed by atoms with Crippen molar-refractivity contribution in [1.82, 2.24) is 4.57 Å². The van der Waals surface area contributed by atoms with Gasteiger partial charge in [0.1, 0.15) is 5.75 Å². The highest BCUT2D eigenvalue weighted by Crippen LogP contribution is 2.28. The van der Waals surface area contributed by atoms with Gasteiger partial charge >= 0.3 is 5.97 Å². The lowest BCUT2D eigenvalue weighted by atomic mass is 10.1. The Morgan fingerprint density at radius 1 is 1.12 bits per heavy atom. The number of aryl methyl sites for hydroxylation is 1. The van der Waals surface area contributed by atoms with Gasteiger partial charge in [0.25, 0.3) is 0 Å². The zero-order valence-corrected chi connectivity index (χ0v) is 15.1. The van der Waals surface area contributed by atoms with Crippen molar-refractivity contribution < 1.29 is 19.4 Å². The first-order valence-corrected chi connectivity index (χ1v) is 8.40. The lowest BCUT2D eigenvalue weighted by Gasteiger charge is -2.11. The van der Waals surface area contributed by atoms with Crippen molar-refractivity contribution in [1.29, 1.82) is 0 Å². The third-order valence-electron chi connectivity index (χ3n) is 4.65. The fourth-order valence-corrected chi connectivity index (χ4v) is 3.13. The summed E-state index contributed by atoms with van der Waals surface area (Å²) in [7, 11) is 0. The van der Waals surface area contributed by atoms with Crippen LogP contribution in [0.1, 0.15) is 34.1 Å². The Labute approximate surface area is 151 Å². The molecule has 3 rings (SSSR count). The number of Topliss-reactive ketones (excluding diaryl/α,β-unsaturated/α-hetero) is 1. The molecule has 1 N–H and O–H groups in total. The Bertz CT molecular complexity index is 1000. The number of carboxylic acids is 1. The largest absolute Gasteiger partial charge is 0.482 e. The summed E-state index contributed by atoms with van der Waals surface area (Å²) in [6.07, 6.45) is 0. The molecule has 0 aliphatic carbocycles. The lowest BCUT2D eigenvalue weighted by molar-refractivity contribution is -0.139. The van der Waals surface area contributed by atoms with Crippen molar-refractivity contribution in [3.05, 3.63) is 64.8 Å². The SMILES string of the molecule is CC(=O)c1ccc2c(c1)c(C)c(C)n2Cc1cccc(OCC(=O)O)c1. The van der Waals surface area contributed by atoms with Crippen molar-refractivity contribution in [3.8, 4) is 5.75 Å². The number of hydrogen-bond donors (Lipinski definition) is 1. The predicted molar refractivity (Wildman–Crippen MR) is 100 cm³/mol. The summed E-state index contributed by atoms with van der Waals surface area (Å²) in [5.41, 5.74) is 5.09. The highest BCUT2D eigenvalue weighted by molar-refractivity contribution is 5.99. The van der Waals surface area contributed by atoms with Crippen molar-refractivity contribution in [2.75, 3.05) is 6.61 Å². The monoisotopic (exact) mass is 351 g/mol. The third kappa shape index (κ3) is 3.47. The predicted octanol–water partition coefficient (Wildman–Crippen LogP) is 3.97. The van der Waals surface area contributed by atoms with Gasteiger partial charge in [-0.05, 0) is 62.2 Å². The van der Waals surface area contributed by atoms with E-state index in [0.29, 0.717) is 17.9 Å². The van der Waals surface area contributed by atoms with Crippen molar-refractivity contribution in [3.63, 3.8) is 0 Å². The molecule has 1 aromatic heterocycles. The summed E-state index contributed by atoms with van der Waals surface area (Å²) < 4.78 is 7.46. The van der Waals surface area contributed by atoms with E-state index in [1.54, 1.807) is 13.0 Å². The maximum absolute atomic E-state index is 11.7. The number of carboxylic acid groups (broad SMARTS) is 1. The van der Waals surface area contributed by atoms with E-state index in [2.05, 4.69) is 18.4 Å². The Kier molecular flexibility index (Phi) is 4.80. The average molecular weight is 351 g/mol. The highest BCUT2D eigenvalue weighted by Gasteiger charge is 2.13. The van der Waals surface area contributed by atoms with E-state index in [1.807, 2.05) is 36.4 Å². The number of fused-ring (bicyclic) bond motifs is 1. The van der Waals surface area contributed by atoms with Gasteiger partial charge in [0, 0.05) is 28.7 Å². The number of ether oxygens (including phenoxy) is 1. The van der Waals surface area contributed by atoms with Gasteiger partial charge in [0.05, 0.1) is 0 Å². The zero-order valence-electron chi connectivity index (χ0n) is 15.1. The van der Waals surface area contributed by atoms with Gasteiger partial charge in [0.2, 0.25) is 0 Å². The van der Waals surface area contributed by atoms with Gasteiger partial charge in [-0.15, -0.1) is 0 Å². The Morgan fingerprint density at radius 2 is 1.88 bits per heavy atom. The molecule has 0 radical (unpaired) electrons. The van der Waals surface area contributed by atoms with E-state index >= 15 is 0 Å². The van der Waals surface area contributed by atoms with E-state index in [0.717, 1.165) is 27.7 Å². The Balaban J connectivity index is 1.96. The standard InChI is InChI=1S/C21H21NO4/c1-13-14(2)22(20-8-7-17(15(3)23)10-19(13)20)11-16-5-4-6-18(9-16)26-12-21(24)25/h4-10H,11-12H2,1-3H3,(H,24,25). The number of aromatic nitrogens is 1. The first-order chi connectivity index (χ1) is 12.4. The van der Waals surface area contributed by atoms with Crippen LogP contribution in [0.3, 0.4) is 0 Å². The smallest absolute Gasteiger partial charge is 0.341 e. The van der Waals surface area contributed by atoms with Crippen LogP contribution in [0.15, 0.2) is 42.5 Å². The van der Waals surface area contributed by atoms with Crippen LogP contribution in [-0.2, 0) is 11.3 Å². The molecule has 0 spiro atoms. The van der Waals surface area contributed by atoms with E-state index in [4.69, 9.17) is 9.84 Å². The summed E-state index contributed by atoms with van der Waals surface area (Å²) in [6.45, 7) is 5.97. The minimum absolute atomic E-state index is 0.0555. The molecule has 26 heavy (non-hydrogen) atoms. The fraction of sp³-hybridized carbons (Fsp3) is 0.238. The van der Waals surface area contributed by atoms with Crippen molar-refractivity contribution >= 4 is 22.7 Å². The molecule has 3 aromatic rings. The van der Waals surface area contributed by atoms with E-state index in [9.17, 15) is 9.59 Å². The van der Waals surface area contributed by atoms with E-state index in [1.165, 1.54) is 0 Å². The number of hydrogen-bond acceptors (Lipinski definition) is 3. The first-order valence-electron chi connectivity index (χ1n) is 8.40. The molecule has 0 aliphatic rings. The molecule has 5 heteroatoms. The van der Waals surface area contributed by atoms with Crippen LogP contribution in [0.2, 0.25) is 0 Å². The summed E-state index contributed by atoms with van der Waals surface area (Å²) in [6, 6.07) is 13.2. The van der Waals surface area contributed by atoms with Gasteiger partial charge in [0.15, 0.2) is 12.4 Å². The van der Waals surface area contributed by atoms with Crippen LogP contribution >= 0.6 is 0 Å². The maximum atomic E-state index is 11.7. The van der Waals surface area contributed by atoms with Gasteiger partial charge in [-0.3, -0.25) is 4.79 Å².